The Morgan fingerprint density at radius 2 is 2.00 bits per heavy atom. The molecule has 3 N–H and O–H groups in total. The summed E-state index contributed by atoms with van der Waals surface area (Å²) in [5.41, 5.74) is 5.82. The minimum atomic E-state index is -0.466. The summed E-state index contributed by atoms with van der Waals surface area (Å²) < 4.78 is 26.9. The van der Waals surface area contributed by atoms with E-state index in [1.54, 1.807) is 0 Å². The Labute approximate surface area is 135 Å². The van der Waals surface area contributed by atoms with Crippen molar-refractivity contribution < 1.29 is 13.6 Å². The lowest BCUT2D eigenvalue weighted by atomic mass is 9.97. The Balaban J connectivity index is 0.00000176. The van der Waals surface area contributed by atoms with Crippen LogP contribution in [-0.2, 0) is 4.79 Å². The summed E-state index contributed by atoms with van der Waals surface area (Å²) in [4.78, 5) is 12.3. The molecule has 0 saturated heterocycles. The third-order valence-corrected chi connectivity index (χ3v) is 4.82. The standard InChI is InChI=1S/C16H20F2N2O.ClH/c17-10-3-4-14(18)12(7-10)11-8-13(11)15(21)20-16(9-19)5-1-2-6-16;/h3-4,7,11,13H,1-2,5-6,8-9,19H2,(H,20,21);1H. The van der Waals surface area contributed by atoms with Crippen LogP contribution in [0.4, 0.5) is 8.78 Å². The van der Waals surface area contributed by atoms with E-state index < -0.39 is 11.6 Å². The van der Waals surface area contributed by atoms with Crippen LogP contribution in [0, 0.1) is 17.6 Å². The first-order valence-corrected chi connectivity index (χ1v) is 7.52. The monoisotopic (exact) mass is 330 g/mol. The molecule has 2 atom stereocenters. The second kappa shape index (κ2) is 6.50. The molecule has 2 aliphatic carbocycles. The summed E-state index contributed by atoms with van der Waals surface area (Å²) in [5.74, 6) is -1.45. The third kappa shape index (κ3) is 3.25. The fourth-order valence-electron chi connectivity index (χ4n) is 3.41. The quantitative estimate of drug-likeness (QED) is 0.892. The van der Waals surface area contributed by atoms with Crippen LogP contribution in [0.15, 0.2) is 18.2 Å². The number of hydrogen-bond acceptors (Lipinski definition) is 2. The molecule has 22 heavy (non-hydrogen) atoms. The molecule has 3 nitrogen and oxygen atoms in total. The molecule has 0 radical (unpaired) electrons. The number of rotatable bonds is 4. The van der Waals surface area contributed by atoms with E-state index in [4.69, 9.17) is 5.73 Å². The number of benzene rings is 1. The van der Waals surface area contributed by atoms with Crippen molar-refractivity contribution in [2.75, 3.05) is 6.54 Å². The highest BCUT2D eigenvalue weighted by Gasteiger charge is 2.47. The normalized spacial score (nSPS) is 25.4. The Morgan fingerprint density at radius 1 is 1.32 bits per heavy atom. The fraction of sp³-hybridized carbons (Fsp3) is 0.562. The molecule has 3 rings (SSSR count). The zero-order chi connectivity index (χ0) is 15.0. The Kier molecular flexibility index (Phi) is 5.07. The molecule has 0 aliphatic heterocycles. The van der Waals surface area contributed by atoms with E-state index >= 15 is 0 Å². The Hall–Kier alpha value is -1.20. The van der Waals surface area contributed by atoms with Crippen LogP contribution >= 0.6 is 12.4 Å². The smallest absolute Gasteiger partial charge is 0.224 e. The highest BCUT2D eigenvalue weighted by Crippen LogP contribution is 2.49. The molecule has 0 bridgehead atoms. The molecule has 2 aliphatic rings. The first kappa shape index (κ1) is 17.2. The average Bonchev–Trinajstić information content (AvgIpc) is 3.14. The van der Waals surface area contributed by atoms with Gasteiger partial charge >= 0.3 is 0 Å². The van der Waals surface area contributed by atoms with E-state index in [0.29, 0.717) is 18.5 Å². The highest BCUT2D eigenvalue weighted by atomic mass is 35.5. The second-order valence-electron chi connectivity index (χ2n) is 6.30. The zero-order valence-electron chi connectivity index (χ0n) is 12.3. The van der Waals surface area contributed by atoms with Gasteiger partial charge < -0.3 is 11.1 Å². The van der Waals surface area contributed by atoms with Gasteiger partial charge in [0, 0.05) is 12.5 Å². The number of nitrogens with two attached hydrogens (primary N) is 1. The second-order valence-corrected chi connectivity index (χ2v) is 6.30. The molecule has 6 heteroatoms. The van der Waals surface area contributed by atoms with Gasteiger partial charge in [-0.15, -0.1) is 12.4 Å². The summed E-state index contributed by atoms with van der Waals surface area (Å²) in [6.45, 7) is 0.435. The maximum absolute atomic E-state index is 13.7. The van der Waals surface area contributed by atoms with Crippen molar-refractivity contribution in [1.82, 2.24) is 5.32 Å². The van der Waals surface area contributed by atoms with Gasteiger partial charge in [0.25, 0.3) is 0 Å². The number of nitrogens with one attached hydrogen (secondary N) is 1. The molecule has 2 fully saturated rings. The Morgan fingerprint density at radius 3 is 2.64 bits per heavy atom. The molecule has 0 heterocycles. The summed E-state index contributed by atoms with van der Waals surface area (Å²) in [6.07, 6.45) is 4.53. The zero-order valence-corrected chi connectivity index (χ0v) is 13.1. The molecular weight excluding hydrogens is 310 g/mol. The van der Waals surface area contributed by atoms with Crippen molar-refractivity contribution in [2.24, 2.45) is 11.7 Å². The predicted molar refractivity (Wildman–Crippen MR) is 82.9 cm³/mol. The lowest BCUT2D eigenvalue weighted by molar-refractivity contribution is -0.124. The first-order chi connectivity index (χ1) is 10.0. The predicted octanol–water partition coefficient (Wildman–Crippen LogP) is 2.88. The van der Waals surface area contributed by atoms with Gasteiger partial charge in [-0.25, -0.2) is 8.78 Å². The molecule has 122 valence electrons. The van der Waals surface area contributed by atoms with Crippen molar-refractivity contribution in [3.05, 3.63) is 35.4 Å². The molecule has 2 saturated carbocycles. The van der Waals surface area contributed by atoms with Gasteiger partial charge in [-0.2, -0.15) is 0 Å². The average molecular weight is 331 g/mol. The summed E-state index contributed by atoms with van der Waals surface area (Å²) in [5, 5.41) is 3.06. The van der Waals surface area contributed by atoms with E-state index in [9.17, 15) is 13.6 Å². The van der Waals surface area contributed by atoms with Crippen molar-refractivity contribution in [1.29, 1.82) is 0 Å². The van der Waals surface area contributed by atoms with Crippen LogP contribution < -0.4 is 11.1 Å². The van der Waals surface area contributed by atoms with E-state index in [0.717, 1.165) is 37.8 Å². The van der Waals surface area contributed by atoms with Gasteiger partial charge in [0.2, 0.25) is 5.91 Å². The van der Waals surface area contributed by atoms with Crippen LogP contribution in [0.2, 0.25) is 0 Å². The molecule has 1 aromatic carbocycles. The lowest BCUT2D eigenvalue weighted by Gasteiger charge is -2.28. The van der Waals surface area contributed by atoms with Crippen LogP contribution in [0.5, 0.6) is 0 Å². The SMILES string of the molecule is Cl.NCC1(NC(=O)C2CC2c2cc(F)ccc2F)CCCC1. The van der Waals surface area contributed by atoms with Gasteiger partial charge in [0.15, 0.2) is 0 Å². The summed E-state index contributed by atoms with van der Waals surface area (Å²) in [7, 11) is 0. The van der Waals surface area contributed by atoms with Gasteiger partial charge in [0.1, 0.15) is 11.6 Å². The topological polar surface area (TPSA) is 55.1 Å². The maximum Gasteiger partial charge on any atom is 0.224 e. The molecule has 1 aromatic rings. The van der Waals surface area contributed by atoms with E-state index in [1.165, 1.54) is 6.07 Å². The van der Waals surface area contributed by atoms with E-state index in [1.807, 2.05) is 0 Å². The molecular formula is C16H21ClF2N2O. The van der Waals surface area contributed by atoms with Crippen LogP contribution in [-0.4, -0.2) is 18.0 Å². The Bertz CT molecular complexity index is 561. The van der Waals surface area contributed by atoms with Gasteiger partial charge in [0.05, 0.1) is 5.54 Å². The minimum absolute atomic E-state index is 0. The van der Waals surface area contributed by atoms with E-state index in [-0.39, 0.29) is 35.7 Å². The maximum atomic E-state index is 13.7. The van der Waals surface area contributed by atoms with Crippen molar-refractivity contribution >= 4 is 18.3 Å². The number of hydrogen-bond donors (Lipinski definition) is 2. The van der Waals surface area contributed by atoms with Crippen molar-refractivity contribution in [3.63, 3.8) is 0 Å². The molecule has 2 unspecified atom stereocenters. The fourth-order valence-corrected chi connectivity index (χ4v) is 3.41. The number of amides is 1. The van der Waals surface area contributed by atoms with Gasteiger partial charge in [-0.1, -0.05) is 12.8 Å². The van der Waals surface area contributed by atoms with Crippen LogP contribution in [0.3, 0.4) is 0 Å². The first-order valence-electron chi connectivity index (χ1n) is 7.52. The molecule has 0 spiro atoms. The largest absolute Gasteiger partial charge is 0.349 e. The van der Waals surface area contributed by atoms with E-state index in [2.05, 4.69) is 5.32 Å². The summed E-state index contributed by atoms with van der Waals surface area (Å²) >= 11 is 0. The highest BCUT2D eigenvalue weighted by molar-refractivity contribution is 5.85. The third-order valence-electron chi connectivity index (χ3n) is 4.82. The van der Waals surface area contributed by atoms with Gasteiger partial charge in [-0.3, -0.25) is 4.79 Å². The molecule has 1 amide bonds. The van der Waals surface area contributed by atoms with Crippen LogP contribution in [0.25, 0.3) is 0 Å². The molecule has 0 aromatic heterocycles. The van der Waals surface area contributed by atoms with Crippen LogP contribution in [0.1, 0.15) is 43.6 Å². The number of carbonyl (C=O) groups excluding carboxylic acids is 1. The number of halogens is 3. The summed E-state index contributed by atoms with van der Waals surface area (Å²) in [6, 6.07) is 3.41. The van der Waals surface area contributed by atoms with Gasteiger partial charge in [-0.05, 0) is 48.9 Å². The van der Waals surface area contributed by atoms with Crippen molar-refractivity contribution in [3.8, 4) is 0 Å². The minimum Gasteiger partial charge on any atom is -0.349 e. The lowest BCUT2D eigenvalue weighted by Crippen LogP contribution is -2.52. The number of carbonyl (C=O) groups is 1. The van der Waals surface area contributed by atoms with Crippen molar-refractivity contribution in [2.45, 2.75) is 43.6 Å².